The molecule has 0 aliphatic carbocycles. The number of halogens is 2. The van der Waals surface area contributed by atoms with Gasteiger partial charge in [0.1, 0.15) is 11.4 Å². The van der Waals surface area contributed by atoms with Crippen molar-refractivity contribution in [2.24, 2.45) is 0 Å². The Kier molecular flexibility index (Phi) is 4.03. The zero-order valence-corrected chi connectivity index (χ0v) is 15.3. The second-order valence-electron chi connectivity index (χ2n) is 7.42. The number of carbonyl (C=O) groups is 1. The van der Waals surface area contributed by atoms with E-state index in [0.29, 0.717) is 6.42 Å². The summed E-state index contributed by atoms with van der Waals surface area (Å²) in [6.07, 6.45) is 2.09. The number of carbonyl (C=O) groups excluding carboxylic acids is 1. The van der Waals surface area contributed by atoms with Crippen molar-refractivity contribution in [1.29, 1.82) is 0 Å². The smallest absolute Gasteiger partial charge is 0.410 e. The molecule has 0 saturated carbocycles. The van der Waals surface area contributed by atoms with E-state index in [2.05, 4.69) is 4.57 Å². The maximum absolute atomic E-state index is 14.1. The number of ether oxygens (including phenoxy) is 1. The van der Waals surface area contributed by atoms with Crippen LogP contribution in [-0.4, -0.2) is 34.3 Å². The average Bonchev–Trinajstić information content (AvgIpc) is 2.91. The highest BCUT2D eigenvalue weighted by Gasteiger charge is 2.34. The number of hydrogen-bond donors (Lipinski definition) is 0. The van der Waals surface area contributed by atoms with Gasteiger partial charge in [-0.1, -0.05) is 11.6 Å². The van der Waals surface area contributed by atoms with Crippen molar-refractivity contribution in [3.8, 4) is 0 Å². The summed E-state index contributed by atoms with van der Waals surface area (Å²) in [7, 11) is 1.73. The summed E-state index contributed by atoms with van der Waals surface area (Å²) in [5, 5.41) is 0.871. The van der Waals surface area contributed by atoms with E-state index in [1.807, 2.05) is 40.0 Å². The third-order valence-electron chi connectivity index (χ3n) is 4.57. The molecular formula is C18H22ClFN2O2. The highest BCUT2D eigenvalue weighted by Crippen LogP contribution is 2.38. The summed E-state index contributed by atoms with van der Waals surface area (Å²) in [5.41, 5.74) is 1.25. The van der Waals surface area contributed by atoms with Gasteiger partial charge in [0, 0.05) is 18.6 Å². The van der Waals surface area contributed by atoms with Crippen LogP contribution < -0.4 is 0 Å². The van der Waals surface area contributed by atoms with Gasteiger partial charge in [-0.2, -0.15) is 0 Å². The molecule has 6 heteroatoms. The van der Waals surface area contributed by atoms with Gasteiger partial charge < -0.3 is 14.2 Å². The number of aromatic nitrogens is 1. The van der Waals surface area contributed by atoms with Gasteiger partial charge in [-0.3, -0.25) is 0 Å². The van der Waals surface area contributed by atoms with Crippen molar-refractivity contribution in [2.75, 3.05) is 7.05 Å². The van der Waals surface area contributed by atoms with Crippen LogP contribution in [-0.2, 0) is 11.2 Å². The second kappa shape index (κ2) is 5.66. The Morgan fingerprint density at radius 1 is 1.46 bits per heavy atom. The maximum atomic E-state index is 14.1. The third kappa shape index (κ3) is 2.75. The lowest BCUT2D eigenvalue weighted by atomic mass is 9.93. The van der Waals surface area contributed by atoms with E-state index < -0.39 is 11.4 Å². The monoisotopic (exact) mass is 352 g/mol. The molecule has 0 bridgehead atoms. The molecular weight excluding hydrogens is 331 g/mol. The predicted molar refractivity (Wildman–Crippen MR) is 93.1 cm³/mol. The lowest BCUT2D eigenvalue weighted by Crippen LogP contribution is -2.46. The summed E-state index contributed by atoms with van der Waals surface area (Å²) < 4.78 is 21.6. The first-order valence-corrected chi connectivity index (χ1v) is 8.41. The van der Waals surface area contributed by atoms with Gasteiger partial charge in [-0.05, 0) is 51.8 Å². The maximum Gasteiger partial charge on any atom is 0.410 e. The summed E-state index contributed by atoms with van der Waals surface area (Å²) in [5.74, 6) is -0.426. The van der Waals surface area contributed by atoms with Crippen molar-refractivity contribution in [3.63, 3.8) is 0 Å². The van der Waals surface area contributed by atoms with E-state index in [9.17, 15) is 9.18 Å². The van der Waals surface area contributed by atoms with Crippen molar-refractivity contribution >= 4 is 28.6 Å². The number of nitrogens with zero attached hydrogens (tertiary/aromatic N) is 2. The Hall–Kier alpha value is -1.75. The molecule has 4 nitrogen and oxygen atoms in total. The van der Waals surface area contributed by atoms with Crippen LogP contribution in [0.3, 0.4) is 0 Å². The third-order valence-corrected chi connectivity index (χ3v) is 4.95. The lowest BCUT2D eigenvalue weighted by Gasteiger charge is -2.38. The van der Waals surface area contributed by atoms with Gasteiger partial charge in [0.25, 0.3) is 0 Å². The number of benzene rings is 1. The summed E-state index contributed by atoms with van der Waals surface area (Å²) in [6.45, 7) is 7.56. The number of rotatable bonds is 1. The molecule has 3 rings (SSSR count). The Bertz CT molecular complexity index is 809. The summed E-state index contributed by atoms with van der Waals surface area (Å²) >= 11 is 6.09. The summed E-state index contributed by atoms with van der Waals surface area (Å²) in [6, 6.07) is 3.22. The largest absolute Gasteiger partial charge is 0.444 e. The van der Waals surface area contributed by atoms with Crippen LogP contribution in [0.4, 0.5) is 9.18 Å². The molecule has 130 valence electrons. The fourth-order valence-electron chi connectivity index (χ4n) is 3.38. The van der Waals surface area contributed by atoms with E-state index in [1.165, 1.54) is 6.07 Å². The molecule has 0 spiro atoms. The molecule has 1 aromatic heterocycles. The molecule has 2 aromatic rings. The highest BCUT2D eigenvalue weighted by atomic mass is 35.5. The summed E-state index contributed by atoms with van der Waals surface area (Å²) in [4.78, 5) is 14.0. The van der Waals surface area contributed by atoms with Crippen molar-refractivity contribution in [3.05, 3.63) is 34.7 Å². The minimum Gasteiger partial charge on any atom is -0.444 e. The van der Waals surface area contributed by atoms with Crippen LogP contribution in [0.25, 0.3) is 10.9 Å². The predicted octanol–water partition coefficient (Wildman–Crippen LogP) is 4.79. The average molecular weight is 353 g/mol. The Balaban J connectivity index is 1.97. The first-order chi connectivity index (χ1) is 11.1. The van der Waals surface area contributed by atoms with Gasteiger partial charge in [0.05, 0.1) is 22.6 Å². The Labute approximate surface area is 146 Å². The van der Waals surface area contributed by atoms with Gasteiger partial charge >= 0.3 is 6.09 Å². The zero-order valence-electron chi connectivity index (χ0n) is 14.6. The molecule has 1 aromatic carbocycles. The molecule has 0 radical (unpaired) electrons. The van der Waals surface area contributed by atoms with E-state index in [0.717, 1.165) is 16.5 Å². The van der Waals surface area contributed by atoms with E-state index >= 15 is 0 Å². The molecule has 1 amide bonds. The minimum absolute atomic E-state index is 0.0362. The fourth-order valence-corrected chi connectivity index (χ4v) is 3.59. The zero-order chi connectivity index (χ0) is 17.8. The molecule has 2 heterocycles. The van der Waals surface area contributed by atoms with Crippen LogP contribution in [0, 0.1) is 5.82 Å². The number of hydrogen-bond acceptors (Lipinski definition) is 2. The fraction of sp³-hybridized carbons (Fsp3) is 0.500. The van der Waals surface area contributed by atoms with Crippen LogP contribution in [0.2, 0.25) is 5.02 Å². The SMILES string of the molecule is C[C@H]1[C@@H](N(C)C(=O)OC(C)(C)C)Cc2cc(F)c(Cl)c3ccn1c23. The van der Waals surface area contributed by atoms with Crippen molar-refractivity contribution in [1.82, 2.24) is 9.47 Å². The molecule has 2 atom stereocenters. The normalized spacial score (nSPS) is 20.3. The van der Waals surface area contributed by atoms with Crippen molar-refractivity contribution < 1.29 is 13.9 Å². The van der Waals surface area contributed by atoms with Gasteiger partial charge in [-0.15, -0.1) is 0 Å². The van der Waals surface area contributed by atoms with Gasteiger partial charge in [0.15, 0.2) is 0 Å². The quantitative estimate of drug-likeness (QED) is 0.739. The number of likely N-dealkylation sites (N-methyl/N-ethyl adjacent to an activating group) is 1. The molecule has 0 fully saturated rings. The number of amides is 1. The van der Waals surface area contributed by atoms with Crippen LogP contribution >= 0.6 is 11.6 Å². The second-order valence-corrected chi connectivity index (χ2v) is 7.80. The first kappa shape index (κ1) is 17.1. The topological polar surface area (TPSA) is 34.5 Å². The van der Waals surface area contributed by atoms with Crippen LogP contribution in [0.5, 0.6) is 0 Å². The molecule has 1 aliphatic heterocycles. The minimum atomic E-state index is -0.554. The molecule has 0 saturated heterocycles. The van der Waals surface area contributed by atoms with Crippen LogP contribution in [0.1, 0.15) is 39.3 Å². The molecule has 0 unspecified atom stereocenters. The Morgan fingerprint density at radius 3 is 2.75 bits per heavy atom. The van der Waals surface area contributed by atoms with Crippen molar-refractivity contribution in [2.45, 2.75) is 51.8 Å². The van der Waals surface area contributed by atoms with E-state index in [-0.39, 0.29) is 23.2 Å². The van der Waals surface area contributed by atoms with E-state index in [1.54, 1.807) is 11.9 Å². The molecule has 0 N–H and O–H groups in total. The first-order valence-electron chi connectivity index (χ1n) is 8.03. The highest BCUT2D eigenvalue weighted by molar-refractivity contribution is 6.35. The Morgan fingerprint density at radius 2 is 2.12 bits per heavy atom. The van der Waals surface area contributed by atoms with Gasteiger partial charge in [-0.25, -0.2) is 9.18 Å². The standard InChI is InChI=1S/C18H22ClFN2O2/c1-10-14(21(5)17(23)24-18(2,3)4)9-11-8-13(20)15(19)12-6-7-22(10)16(11)12/h6-8,10,14H,9H2,1-5H3/t10-,14-/m0/s1. The van der Waals surface area contributed by atoms with Gasteiger partial charge in [0.2, 0.25) is 0 Å². The lowest BCUT2D eigenvalue weighted by molar-refractivity contribution is 0.0174. The van der Waals surface area contributed by atoms with Crippen LogP contribution in [0.15, 0.2) is 18.3 Å². The molecule has 24 heavy (non-hydrogen) atoms. The molecule has 1 aliphatic rings. The van der Waals surface area contributed by atoms with E-state index in [4.69, 9.17) is 16.3 Å².